The van der Waals surface area contributed by atoms with Crippen LogP contribution in [0.4, 0.5) is 11.4 Å². The second-order valence-electron chi connectivity index (χ2n) is 3.49. The molecule has 3 heteroatoms. The van der Waals surface area contributed by atoms with E-state index < -0.39 is 0 Å². The largest absolute Gasteiger partial charge is 0.241 e. The number of benzene rings is 2. The second kappa shape index (κ2) is 4.69. The summed E-state index contributed by atoms with van der Waals surface area (Å²) in [7, 11) is 0. The molecule has 0 amide bonds. The van der Waals surface area contributed by atoms with Gasteiger partial charge in [-0.1, -0.05) is 29.0 Å². The normalized spacial score (nSPS) is 12.6. The molecule has 2 aromatic carbocycles. The first kappa shape index (κ1) is 11.2. The summed E-state index contributed by atoms with van der Waals surface area (Å²) < 4.78 is 1.95. The van der Waals surface area contributed by atoms with Gasteiger partial charge in [-0.2, -0.15) is 18.2 Å². The van der Waals surface area contributed by atoms with Gasteiger partial charge in [0.1, 0.15) is 12.2 Å². The first-order chi connectivity index (χ1) is 7.45. The van der Waals surface area contributed by atoms with Gasteiger partial charge in [0.25, 0.3) is 0 Å². The molecule has 0 saturated carbocycles. The van der Waals surface area contributed by atoms with Crippen LogP contribution < -0.4 is 4.70 Å². The Morgan fingerprint density at radius 2 is 1.88 bits per heavy atom. The van der Waals surface area contributed by atoms with Crippen molar-refractivity contribution < 1.29 is 20.1 Å². The monoisotopic (exact) mass is 387 g/mol. The van der Waals surface area contributed by atoms with E-state index in [4.69, 9.17) is 0 Å². The van der Waals surface area contributed by atoms with Crippen LogP contribution in [0, 0.1) is 6.07 Å². The van der Waals surface area contributed by atoms with Crippen LogP contribution in [0.5, 0.6) is 0 Å². The summed E-state index contributed by atoms with van der Waals surface area (Å²) in [4.78, 5) is 0. The van der Waals surface area contributed by atoms with Crippen LogP contribution in [0.2, 0.25) is 0 Å². The van der Waals surface area contributed by atoms with Crippen LogP contribution in [0.15, 0.2) is 53.6 Å². The van der Waals surface area contributed by atoms with Gasteiger partial charge < -0.3 is 0 Å². The Morgan fingerprint density at radius 1 is 1.06 bits per heavy atom. The van der Waals surface area contributed by atoms with E-state index >= 15 is 0 Å². The Kier molecular flexibility index (Phi) is 3.27. The molecule has 0 aliphatic carbocycles. The standard InChI is InChI=1S/C13H10N2.Ir/c1-2-7-12(8-3-1)15-13-9-5-4-6-11(13)10-14-15;/h1-7,9H,10H2;. The summed E-state index contributed by atoms with van der Waals surface area (Å²) in [6, 6.07) is 19.4. The third-order valence-electron chi connectivity index (χ3n) is 2.52. The molecule has 0 atom stereocenters. The van der Waals surface area contributed by atoms with E-state index in [-0.39, 0.29) is 20.1 Å². The van der Waals surface area contributed by atoms with Gasteiger partial charge in [0.05, 0.1) is 5.56 Å². The Labute approximate surface area is 108 Å². The number of hydrogen-bond donors (Lipinski definition) is 0. The van der Waals surface area contributed by atoms with Crippen LogP contribution in [0.1, 0.15) is 5.56 Å². The minimum atomic E-state index is 0. The molecule has 3 rings (SSSR count). The molecule has 1 radical (unpaired) electrons. The first-order valence-corrected chi connectivity index (χ1v) is 4.97. The topological polar surface area (TPSA) is 15.4 Å². The van der Waals surface area contributed by atoms with E-state index in [9.17, 15) is 0 Å². The van der Waals surface area contributed by atoms with Crippen molar-refractivity contribution in [3.05, 3.63) is 60.2 Å². The molecule has 81 valence electrons. The van der Waals surface area contributed by atoms with Gasteiger partial charge in [0, 0.05) is 26.2 Å². The summed E-state index contributed by atoms with van der Waals surface area (Å²) in [6.07, 6.45) is 0. The van der Waals surface area contributed by atoms with Crippen LogP contribution in [0.25, 0.3) is 0 Å². The Bertz CT molecular complexity index is 520. The zero-order valence-corrected chi connectivity index (χ0v) is 10.9. The maximum absolute atomic E-state index is 4.48. The number of rotatable bonds is 1. The molecule has 0 spiro atoms. The molecular weight excluding hydrogens is 376 g/mol. The molecule has 0 bridgehead atoms. The fourth-order valence-corrected chi connectivity index (χ4v) is 1.80. The molecule has 0 saturated heterocycles. The molecule has 1 aliphatic rings. The summed E-state index contributed by atoms with van der Waals surface area (Å²) >= 11 is 0. The van der Waals surface area contributed by atoms with Gasteiger partial charge in [-0.25, -0.2) is 0 Å². The molecule has 1 aliphatic heterocycles. The van der Waals surface area contributed by atoms with Crippen molar-refractivity contribution in [3.8, 4) is 0 Å². The molecular formula is C13H10IrN2. The van der Waals surface area contributed by atoms with Crippen molar-refractivity contribution in [2.45, 2.75) is 6.54 Å². The molecule has 2 nitrogen and oxygen atoms in total. The van der Waals surface area contributed by atoms with Crippen molar-refractivity contribution >= 4 is 11.4 Å². The number of hydrogen-bond acceptors (Lipinski definition) is 1. The minimum absolute atomic E-state index is 0. The van der Waals surface area contributed by atoms with E-state index in [0.29, 0.717) is 0 Å². The van der Waals surface area contributed by atoms with E-state index in [1.165, 1.54) is 11.3 Å². The van der Waals surface area contributed by atoms with Crippen LogP contribution >= 0.6 is 0 Å². The Hall–Kier alpha value is -1.31. The van der Waals surface area contributed by atoms with Crippen LogP contribution in [-0.2, 0) is 26.7 Å². The quantitative estimate of drug-likeness (QED) is 0.528. The summed E-state index contributed by atoms with van der Waals surface area (Å²) in [5.41, 5.74) is 3.44. The van der Waals surface area contributed by atoms with Gasteiger partial charge >= 0.3 is 0 Å². The maximum atomic E-state index is 4.48. The Balaban J connectivity index is 0.000000963. The molecule has 0 unspecified atom stereocenters. The van der Waals surface area contributed by atoms with Gasteiger partial charge in [0.15, 0.2) is 0 Å². The fourth-order valence-electron chi connectivity index (χ4n) is 1.80. The van der Waals surface area contributed by atoms with E-state index in [0.717, 1.165) is 12.2 Å². The fraction of sp³-hybridized carbons (Fsp3) is 0.0769. The van der Waals surface area contributed by atoms with Crippen LogP contribution in [-0.4, -0.2) is 0 Å². The first-order valence-electron chi connectivity index (χ1n) is 4.97. The van der Waals surface area contributed by atoms with Crippen LogP contribution in [0.3, 0.4) is 0 Å². The van der Waals surface area contributed by atoms with Gasteiger partial charge in [-0.05, 0) is 5.11 Å². The van der Waals surface area contributed by atoms with E-state index in [1.54, 1.807) is 0 Å². The zero-order valence-electron chi connectivity index (χ0n) is 8.55. The molecule has 2 aromatic rings. The third kappa shape index (κ3) is 1.84. The Morgan fingerprint density at radius 3 is 2.69 bits per heavy atom. The zero-order chi connectivity index (χ0) is 10.1. The molecule has 0 fully saturated rings. The summed E-state index contributed by atoms with van der Waals surface area (Å²) in [5, 5.41) is 4.48. The van der Waals surface area contributed by atoms with Crippen molar-refractivity contribution in [1.82, 2.24) is 4.70 Å². The van der Waals surface area contributed by atoms with Crippen molar-refractivity contribution in [2.24, 2.45) is 5.11 Å². The predicted molar refractivity (Wildman–Crippen MR) is 59.3 cm³/mol. The predicted octanol–water partition coefficient (Wildman–Crippen LogP) is 3.28. The molecule has 1 heterocycles. The average molecular weight is 386 g/mol. The average Bonchev–Trinajstić information content (AvgIpc) is 2.74. The SMILES string of the molecule is [Ir].[c-]1ccccc1[N+]1=NCc2ccccc21. The maximum Gasteiger partial charge on any atom is 0.241 e. The number of nitrogens with zero attached hydrogens (tertiary/aromatic N) is 2. The van der Waals surface area contributed by atoms with Crippen molar-refractivity contribution in [2.75, 3.05) is 0 Å². The van der Waals surface area contributed by atoms with Gasteiger partial charge in [-0.3, -0.25) is 0 Å². The minimum Gasteiger partial charge on any atom is -0.171 e. The molecule has 0 aromatic heterocycles. The number of para-hydroxylation sites is 2. The smallest absolute Gasteiger partial charge is 0.171 e. The molecule has 16 heavy (non-hydrogen) atoms. The van der Waals surface area contributed by atoms with Crippen molar-refractivity contribution in [1.29, 1.82) is 0 Å². The third-order valence-corrected chi connectivity index (χ3v) is 2.52. The number of azo groups is 2. The summed E-state index contributed by atoms with van der Waals surface area (Å²) in [5.74, 6) is 0. The van der Waals surface area contributed by atoms with E-state index in [1.807, 2.05) is 41.1 Å². The van der Waals surface area contributed by atoms with Gasteiger partial charge in [0.2, 0.25) is 5.69 Å². The van der Waals surface area contributed by atoms with E-state index in [2.05, 4.69) is 23.3 Å². The molecule has 0 N–H and O–H groups in total. The summed E-state index contributed by atoms with van der Waals surface area (Å²) in [6.45, 7) is 0.763. The van der Waals surface area contributed by atoms with Crippen molar-refractivity contribution in [3.63, 3.8) is 0 Å². The second-order valence-corrected chi connectivity index (χ2v) is 3.49. The number of fused-ring (bicyclic) bond motifs is 1. The van der Waals surface area contributed by atoms with Gasteiger partial charge in [-0.15, -0.1) is 6.07 Å².